The first-order chi connectivity index (χ1) is 16.4. The number of aliphatic hydroxyl groups excluding tert-OH is 2. The Labute approximate surface area is 204 Å². The first-order valence-corrected chi connectivity index (χ1v) is 11.5. The number of aliphatic hydroxyl groups is 2. The lowest BCUT2D eigenvalue weighted by Gasteiger charge is -2.43. The van der Waals surface area contributed by atoms with E-state index in [1.165, 1.54) is 24.1 Å². The van der Waals surface area contributed by atoms with Crippen molar-refractivity contribution in [2.75, 3.05) is 13.7 Å². The monoisotopic (exact) mass is 505 g/mol. The molecule has 4 rings (SSSR count). The van der Waals surface area contributed by atoms with E-state index in [9.17, 15) is 14.6 Å². The van der Waals surface area contributed by atoms with Crippen LogP contribution in [0.1, 0.15) is 11.6 Å². The summed E-state index contributed by atoms with van der Waals surface area (Å²) in [4.78, 5) is 7.92. The van der Waals surface area contributed by atoms with E-state index in [-0.39, 0.29) is 11.6 Å². The van der Waals surface area contributed by atoms with Gasteiger partial charge in [-0.1, -0.05) is 35.5 Å². The molecule has 0 spiro atoms. The SMILES string of the molecule is [C-]#[N+]c1ncc(Cl)cc1S[C@H]1OC(CO)[C@H](O)[C@H](n2cc(-c3ccc(C)c(F)c3)nn2)C1OC. The van der Waals surface area contributed by atoms with Crippen molar-refractivity contribution in [2.45, 2.75) is 41.6 Å². The van der Waals surface area contributed by atoms with E-state index in [1.54, 1.807) is 31.3 Å². The molecule has 1 fully saturated rings. The van der Waals surface area contributed by atoms with Crippen molar-refractivity contribution >= 4 is 29.2 Å². The number of hydrogen-bond acceptors (Lipinski definition) is 8. The molecule has 0 radical (unpaired) electrons. The van der Waals surface area contributed by atoms with Gasteiger partial charge in [0.15, 0.2) is 0 Å². The Kier molecular flexibility index (Phi) is 7.47. The van der Waals surface area contributed by atoms with Crippen molar-refractivity contribution < 1.29 is 24.1 Å². The zero-order valence-corrected chi connectivity index (χ0v) is 19.7. The number of aryl methyl sites for hydroxylation is 1. The van der Waals surface area contributed by atoms with E-state index in [0.29, 0.717) is 26.7 Å². The third kappa shape index (κ3) is 4.79. The summed E-state index contributed by atoms with van der Waals surface area (Å²) in [5, 5.41) is 29.5. The lowest BCUT2D eigenvalue weighted by molar-refractivity contribution is -0.186. The van der Waals surface area contributed by atoms with E-state index in [1.807, 2.05) is 0 Å². The molecule has 2 N–H and O–H groups in total. The van der Waals surface area contributed by atoms with Gasteiger partial charge in [-0.25, -0.2) is 9.07 Å². The molecule has 1 aliphatic rings. The van der Waals surface area contributed by atoms with Crippen LogP contribution in [0.5, 0.6) is 0 Å². The minimum absolute atomic E-state index is 0.139. The topological polar surface area (TPSA) is 107 Å². The number of nitrogens with zero attached hydrogens (tertiary/aromatic N) is 5. The molecule has 9 nitrogen and oxygen atoms in total. The number of aromatic nitrogens is 4. The van der Waals surface area contributed by atoms with E-state index in [2.05, 4.69) is 20.1 Å². The zero-order valence-electron chi connectivity index (χ0n) is 18.2. The number of thioether (sulfide) groups is 1. The van der Waals surface area contributed by atoms with Crippen LogP contribution in [-0.4, -0.2) is 67.7 Å². The maximum absolute atomic E-state index is 14.1. The largest absolute Gasteiger partial charge is 0.394 e. The van der Waals surface area contributed by atoms with Crippen LogP contribution in [0.2, 0.25) is 5.02 Å². The second kappa shape index (κ2) is 10.4. The minimum atomic E-state index is -1.19. The normalized spacial score (nSPS) is 24.7. The van der Waals surface area contributed by atoms with Crippen LogP contribution >= 0.6 is 23.4 Å². The molecule has 178 valence electrons. The third-order valence-electron chi connectivity index (χ3n) is 5.53. The van der Waals surface area contributed by atoms with Crippen LogP contribution in [0, 0.1) is 19.3 Å². The van der Waals surface area contributed by atoms with Gasteiger partial charge in [0, 0.05) is 17.6 Å². The molecule has 0 saturated carbocycles. The number of rotatable bonds is 6. The van der Waals surface area contributed by atoms with Gasteiger partial charge in [0.05, 0.1) is 17.8 Å². The van der Waals surface area contributed by atoms with Gasteiger partial charge >= 0.3 is 0 Å². The van der Waals surface area contributed by atoms with E-state index < -0.39 is 36.4 Å². The fourth-order valence-corrected chi connectivity index (χ4v) is 5.20. The van der Waals surface area contributed by atoms with Crippen LogP contribution in [0.3, 0.4) is 0 Å². The van der Waals surface area contributed by atoms with Crippen LogP contribution in [0.25, 0.3) is 16.1 Å². The lowest BCUT2D eigenvalue weighted by atomic mass is 9.97. The molecule has 2 unspecified atom stereocenters. The number of halogens is 2. The molecule has 34 heavy (non-hydrogen) atoms. The fraction of sp³-hybridized carbons (Fsp3) is 0.364. The Morgan fingerprint density at radius 3 is 2.85 bits per heavy atom. The molecule has 2 aromatic heterocycles. The molecule has 3 aromatic rings. The number of ether oxygens (including phenoxy) is 2. The van der Waals surface area contributed by atoms with Crippen LogP contribution in [0.15, 0.2) is 41.6 Å². The average molecular weight is 506 g/mol. The van der Waals surface area contributed by atoms with Crippen LogP contribution < -0.4 is 0 Å². The molecular formula is C22H21ClFN5O4S. The molecule has 0 amide bonds. The van der Waals surface area contributed by atoms with E-state index >= 15 is 0 Å². The van der Waals surface area contributed by atoms with Crippen molar-refractivity contribution in [1.29, 1.82) is 0 Å². The molecule has 0 aliphatic carbocycles. The van der Waals surface area contributed by atoms with Crippen molar-refractivity contribution in [3.05, 3.63) is 64.5 Å². The van der Waals surface area contributed by atoms with Gasteiger partial charge in [-0.15, -0.1) is 21.8 Å². The molecular weight excluding hydrogens is 485 g/mol. The highest BCUT2D eigenvalue weighted by molar-refractivity contribution is 8.00. The Hall–Kier alpha value is -2.59. The lowest BCUT2D eigenvalue weighted by Crippen LogP contribution is -2.55. The predicted octanol–water partition coefficient (Wildman–Crippen LogP) is 3.42. The summed E-state index contributed by atoms with van der Waals surface area (Å²) in [7, 11) is 1.46. The summed E-state index contributed by atoms with van der Waals surface area (Å²) >= 11 is 7.22. The second-order valence-corrected chi connectivity index (χ2v) is 9.24. The summed E-state index contributed by atoms with van der Waals surface area (Å²) in [5.74, 6) is -0.226. The number of pyridine rings is 1. The van der Waals surface area contributed by atoms with Crippen LogP contribution in [-0.2, 0) is 9.47 Å². The second-order valence-electron chi connectivity index (χ2n) is 7.66. The van der Waals surface area contributed by atoms with Gasteiger partial charge in [0.1, 0.15) is 47.5 Å². The van der Waals surface area contributed by atoms with E-state index in [0.717, 1.165) is 11.8 Å². The fourth-order valence-electron chi connectivity index (χ4n) is 3.73. The summed E-state index contributed by atoms with van der Waals surface area (Å²) in [6.07, 6.45) is 0.0555. The van der Waals surface area contributed by atoms with Gasteiger partial charge in [0.25, 0.3) is 5.82 Å². The van der Waals surface area contributed by atoms with Gasteiger partial charge < -0.3 is 24.5 Å². The Bertz CT molecular complexity index is 1220. The average Bonchev–Trinajstić information content (AvgIpc) is 3.31. The smallest absolute Gasteiger partial charge is 0.283 e. The highest BCUT2D eigenvalue weighted by Crippen LogP contribution is 2.42. The van der Waals surface area contributed by atoms with Crippen LogP contribution in [0.4, 0.5) is 10.2 Å². The van der Waals surface area contributed by atoms with Gasteiger partial charge in [0.2, 0.25) is 0 Å². The van der Waals surface area contributed by atoms with E-state index in [4.69, 9.17) is 27.6 Å². The molecule has 1 saturated heterocycles. The quantitative estimate of drug-likeness (QED) is 0.491. The molecule has 12 heteroatoms. The number of methoxy groups -OCH3 is 1. The maximum atomic E-state index is 14.1. The summed E-state index contributed by atoms with van der Waals surface area (Å²) in [6.45, 7) is 8.57. The van der Waals surface area contributed by atoms with Crippen molar-refractivity contribution in [3.8, 4) is 11.3 Å². The summed E-state index contributed by atoms with van der Waals surface area (Å²) in [6, 6.07) is 5.54. The van der Waals surface area contributed by atoms with Gasteiger partial charge in [-0.05, 0) is 24.6 Å². The van der Waals surface area contributed by atoms with Crippen molar-refractivity contribution in [3.63, 3.8) is 0 Å². The summed E-state index contributed by atoms with van der Waals surface area (Å²) < 4.78 is 27.1. The first-order valence-electron chi connectivity index (χ1n) is 10.2. The molecule has 5 atom stereocenters. The Morgan fingerprint density at radius 1 is 1.38 bits per heavy atom. The van der Waals surface area contributed by atoms with Gasteiger partial charge in [-0.3, -0.25) is 0 Å². The number of benzene rings is 1. The summed E-state index contributed by atoms with van der Waals surface area (Å²) in [5.41, 5.74) is 0.698. The molecule has 3 heterocycles. The predicted molar refractivity (Wildman–Crippen MR) is 123 cm³/mol. The highest BCUT2D eigenvalue weighted by Gasteiger charge is 2.47. The Morgan fingerprint density at radius 2 is 2.18 bits per heavy atom. The molecule has 1 aromatic carbocycles. The number of hydrogen-bond donors (Lipinski definition) is 2. The first kappa shape index (κ1) is 24.5. The maximum Gasteiger partial charge on any atom is 0.283 e. The minimum Gasteiger partial charge on any atom is -0.394 e. The molecule has 0 bridgehead atoms. The Balaban J connectivity index is 1.68. The zero-order chi connectivity index (χ0) is 24.4. The third-order valence-corrected chi connectivity index (χ3v) is 6.90. The van der Waals surface area contributed by atoms with Crippen molar-refractivity contribution in [1.82, 2.24) is 20.0 Å². The van der Waals surface area contributed by atoms with Gasteiger partial charge in [-0.2, -0.15) is 0 Å². The van der Waals surface area contributed by atoms with Crippen molar-refractivity contribution in [2.24, 2.45) is 0 Å². The highest BCUT2D eigenvalue weighted by atomic mass is 35.5. The standard InChI is InChI=1S/C22H21ClFN5O4S/c1-11-4-5-12(6-14(11)24)15-9-29(28-27-15)18-19(31)16(10-30)33-22(20(18)32-3)34-17-7-13(23)8-26-21(17)25-2/h4-9,16,18-20,22,30-31H,10H2,1,3H3/t16?,18-,19-,20?,22+/m0/s1. The molecule has 1 aliphatic heterocycles.